The van der Waals surface area contributed by atoms with Gasteiger partial charge in [-0.25, -0.2) is 4.98 Å². The normalized spacial score (nSPS) is 11.3. The van der Waals surface area contributed by atoms with Gasteiger partial charge in [0.2, 0.25) is 0 Å². The molecule has 0 radical (unpaired) electrons. The minimum atomic E-state index is 0.627. The van der Waals surface area contributed by atoms with Crippen LogP contribution in [0.4, 0.5) is 5.82 Å². The number of aryl methyl sites for hydroxylation is 2. The SMILES string of the molecule is Cc1cc(Br)cn2c(N)c(-c3cnn(C)c3)nc12. The number of fused-ring (bicyclic) bond motifs is 1. The molecule has 0 aliphatic carbocycles. The quantitative estimate of drug-likeness (QED) is 0.751. The lowest BCUT2D eigenvalue weighted by atomic mass is 10.2. The van der Waals surface area contributed by atoms with E-state index in [4.69, 9.17) is 5.73 Å². The van der Waals surface area contributed by atoms with E-state index < -0.39 is 0 Å². The maximum absolute atomic E-state index is 6.16. The fourth-order valence-corrected chi connectivity index (χ4v) is 2.59. The van der Waals surface area contributed by atoms with Crippen molar-refractivity contribution >= 4 is 27.4 Å². The molecule has 2 N–H and O–H groups in total. The second kappa shape index (κ2) is 3.84. The topological polar surface area (TPSA) is 61.1 Å². The van der Waals surface area contributed by atoms with E-state index >= 15 is 0 Å². The lowest BCUT2D eigenvalue weighted by Gasteiger charge is -2.00. The van der Waals surface area contributed by atoms with E-state index in [0.29, 0.717) is 5.82 Å². The summed E-state index contributed by atoms with van der Waals surface area (Å²) in [7, 11) is 1.87. The first-order valence-electron chi connectivity index (χ1n) is 5.49. The summed E-state index contributed by atoms with van der Waals surface area (Å²) in [4.78, 5) is 4.60. The number of anilines is 1. The van der Waals surface area contributed by atoms with E-state index in [-0.39, 0.29) is 0 Å². The molecular weight excluding hydrogens is 294 g/mol. The number of aromatic nitrogens is 4. The number of nitrogens with two attached hydrogens (primary N) is 1. The molecule has 5 nitrogen and oxygen atoms in total. The van der Waals surface area contributed by atoms with E-state index in [1.807, 2.05) is 36.8 Å². The van der Waals surface area contributed by atoms with Gasteiger partial charge in [-0.15, -0.1) is 0 Å². The van der Waals surface area contributed by atoms with Gasteiger partial charge in [0.1, 0.15) is 17.2 Å². The zero-order valence-electron chi connectivity index (χ0n) is 10.1. The second-order valence-electron chi connectivity index (χ2n) is 4.28. The molecule has 3 heterocycles. The molecule has 0 aromatic carbocycles. The van der Waals surface area contributed by atoms with E-state index in [2.05, 4.69) is 26.0 Å². The zero-order chi connectivity index (χ0) is 12.9. The molecule has 92 valence electrons. The van der Waals surface area contributed by atoms with Crippen molar-refractivity contribution < 1.29 is 0 Å². The number of hydrogen-bond acceptors (Lipinski definition) is 3. The summed E-state index contributed by atoms with van der Waals surface area (Å²) in [6.07, 6.45) is 5.59. The molecule has 0 saturated heterocycles. The summed E-state index contributed by atoms with van der Waals surface area (Å²) < 4.78 is 4.61. The van der Waals surface area contributed by atoms with Crippen molar-refractivity contribution in [3.05, 3.63) is 34.7 Å². The highest BCUT2D eigenvalue weighted by Crippen LogP contribution is 2.28. The third-order valence-electron chi connectivity index (χ3n) is 2.89. The molecular formula is C12H12BrN5. The summed E-state index contributed by atoms with van der Waals surface area (Å²) in [5.41, 5.74) is 9.80. The first-order valence-corrected chi connectivity index (χ1v) is 6.28. The number of halogens is 1. The lowest BCUT2D eigenvalue weighted by Crippen LogP contribution is -1.95. The molecule has 0 aliphatic heterocycles. The highest BCUT2D eigenvalue weighted by atomic mass is 79.9. The van der Waals surface area contributed by atoms with Crippen LogP contribution in [0.3, 0.4) is 0 Å². The van der Waals surface area contributed by atoms with Gasteiger partial charge < -0.3 is 5.73 Å². The zero-order valence-corrected chi connectivity index (χ0v) is 11.6. The first-order chi connectivity index (χ1) is 8.56. The standard InChI is InChI=1S/C12H12BrN5/c1-7-3-9(13)6-18-11(14)10(16-12(7)18)8-4-15-17(2)5-8/h3-6H,14H2,1-2H3. The largest absolute Gasteiger partial charge is 0.383 e. The smallest absolute Gasteiger partial charge is 0.142 e. The maximum Gasteiger partial charge on any atom is 0.142 e. The molecule has 18 heavy (non-hydrogen) atoms. The Bertz CT molecular complexity index is 740. The molecule has 0 fully saturated rings. The van der Waals surface area contributed by atoms with Crippen LogP contribution in [0.2, 0.25) is 0 Å². The van der Waals surface area contributed by atoms with Crippen molar-refractivity contribution in [3.8, 4) is 11.3 Å². The van der Waals surface area contributed by atoms with Crippen molar-refractivity contribution in [1.82, 2.24) is 19.2 Å². The predicted octanol–water partition coefficient (Wildman–Crippen LogP) is 2.39. The van der Waals surface area contributed by atoms with Gasteiger partial charge in [0.15, 0.2) is 0 Å². The van der Waals surface area contributed by atoms with E-state index in [1.54, 1.807) is 10.9 Å². The van der Waals surface area contributed by atoms with Crippen LogP contribution in [0.15, 0.2) is 29.1 Å². The van der Waals surface area contributed by atoms with Crippen LogP contribution < -0.4 is 5.73 Å². The molecule has 3 aromatic rings. The van der Waals surface area contributed by atoms with Gasteiger partial charge in [-0.1, -0.05) is 0 Å². The molecule has 0 unspecified atom stereocenters. The minimum Gasteiger partial charge on any atom is -0.383 e. The second-order valence-corrected chi connectivity index (χ2v) is 5.20. The van der Waals surface area contributed by atoms with E-state index in [1.165, 1.54) is 0 Å². The number of nitrogens with zero attached hydrogens (tertiary/aromatic N) is 4. The molecule has 0 bridgehead atoms. The summed E-state index contributed by atoms with van der Waals surface area (Å²) in [6, 6.07) is 2.02. The van der Waals surface area contributed by atoms with Crippen LogP contribution in [0.5, 0.6) is 0 Å². The third-order valence-corrected chi connectivity index (χ3v) is 3.32. The number of pyridine rings is 1. The first kappa shape index (κ1) is 11.3. The van der Waals surface area contributed by atoms with Crippen LogP contribution in [0.25, 0.3) is 16.9 Å². The summed E-state index contributed by atoms with van der Waals surface area (Å²) in [6.45, 7) is 2.01. The van der Waals surface area contributed by atoms with Crippen molar-refractivity contribution in [2.45, 2.75) is 6.92 Å². The van der Waals surface area contributed by atoms with Gasteiger partial charge in [-0.05, 0) is 34.5 Å². The van der Waals surface area contributed by atoms with Crippen molar-refractivity contribution in [2.24, 2.45) is 7.05 Å². The Morgan fingerprint density at radius 1 is 1.33 bits per heavy atom. The molecule has 3 aromatic heterocycles. The molecule has 3 rings (SSSR count). The number of nitrogen functional groups attached to an aromatic ring is 1. The number of hydrogen-bond donors (Lipinski definition) is 1. The molecule has 0 aliphatic rings. The Morgan fingerprint density at radius 3 is 2.78 bits per heavy atom. The average molecular weight is 306 g/mol. The Balaban J connectivity index is 2.32. The van der Waals surface area contributed by atoms with Gasteiger partial charge in [0.25, 0.3) is 0 Å². The van der Waals surface area contributed by atoms with Gasteiger partial charge in [0.05, 0.1) is 6.20 Å². The Morgan fingerprint density at radius 2 is 2.11 bits per heavy atom. The fourth-order valence-electron chi connectivity index (χ4n) is 2.04. The van der Waals surface area contributed by atoms with Crippen LogP contribution in [-0.4, -0.2) is 19.2 Å². The molecule has 0 atom stereocenters. The Labute approximate surface area is 112 Å². The summed E-state index contributed by atoms with van der Waals surface area (Å²) in [5, 5.41) is 4.15. The highest BCUT2D eigenvalue weighted by Gasteiger charge is 2.14. The molecule has 0 saturated carbocycles. The van der Waals surface area contributed by atoms with Gasteiger partial charge in [-0.2, -0.15) is 5.10 Å². The fraction of sp³-hybridized carbons (Fsp3) is 0.167. The Hall–Kier alpha value is -1.82. The van der Waals surface area contributed by atoms with Crippen LogP contribution in [0, 0.1) is 6.92 Å². The minimum absolute atomic E-state index is 0.627. The third kappa shape index (κ3) is 1.60. The maximum atomic E-state index is 6.16. The van der Waals surface area contributed by atoms with Crippen molar-refractivity contribution in [2.75, 3.05) is 5.73 Å². The summed E-state index contributed by atoms with van der Waals surface area (Å²) in [5.74, 6) is 0.627. The highest BCUT2D eigenvalue weighted by molar-refractivity contribution is 9.10. The van der Waals surface area contributed by atoms with Crippen molar-refractivity contribution in [3.63, 3.8) is 0 Å². The number of imidazole rings is 1. The molecule has 0 spiro atoms. The monoisotopic (exact) mass is 305 g/mol. The van der Waals surface area contributed by atoms with E-state index in [0.717, 1.165) is 26.9 Å². The number of rotatable bonds is 1. The van der Waals surface area contributed by atoms with Crippen LogP contribution in [0.1, 0.15) is 5.56 Å². The average Bonchev–Trinajstić information content (AvgIpc) is 2.85. The molecule has 6 heteroatoms. The van der Waals surface area contributed by atoms with Gasteiger partial charge in [0, 0.05) is 29.5 Å². The van der Waals surface area contributed by atoms with Gasteiger partial charge >= 0.3 is 0 Å². The van der Waals surface area contributed by atoms with E-state index in [9.17, 15) is 0 Å². The summed E-state index contributed by atoms with van der Waals surface area (Å²) >= 11 is 3.47. The Kier molecular flexibility index (Phi) is 2.41. The van der Waals surface area contributed by atoms with Crippen LogP contribution in [-0.2, 0) is 7.05 Å². The van der Waals surface area contributed by atoms with Gasteiger partial charge in [-0.3, -0.25) is 9.08 Å². The van der Waals surface area contributed by atoms with Crippen LogP contribution >= 0.6 is 15.9 Å². The molecule has 0 amide bonds. The van der Waals surface area contributed by atoms with Crippen molar-refractivity contribution in [1.29, 1.82) is 0 Å². The lowest BCUT2D eigenvalue weighted by molar-refractivity contribution is 0.768. The predicted molar refractivity (Wildman–Crippen MR) is 74.2 cm³/mol.